The minimum absolute atomic E-state index is 0.564. The van der Waals surface area contributed by atoms with Crippen LogP contribution in [0, 0.1) is 0 Å². The van der Waals surface area contributed by atoms with Gasteiger partial charge in [0.25, 0.3) is 0 Å². The van der Waals surface area contributed by atoms with E-state index in [0.717, 1.165) is 18.5 Å². The molecule has 2 N–H and O–H groups in total. The van der Waals surface area contributed by atoms with Crippen molar-refractivity contribution < 1.29 is 0 Å². The molecule has 0 radical (unpaired) electrons. The Labute approximate surface area is 93.7 Å². The van der Waals surface area contributed by atoms with E-state index < -0.39 is 0 Å². The topological polar surface area (TPSA) is 26.0 Å². The minimum atomic E-state index is 0.564. The molecule has 0 saturated carbocycles. The van der Waals surface area contributed by atoms with Gasteiger partial charge in [0.1, 0.15) is 0 Å². The summed E-state index contributed by atoms with van der Waals surface area (Å²) in [5.41, 5.74) is 9.88. The van der Waals surface area contributed by atoms with Crippen molar-refractivity contribution in [1.82, 2.24) is 0 Å². The molecule has 1 rings (SSSR count). The van der Waals surface area contributed by atoms with E-state index in [0.29, 0.717) is 11.8 Å². The Bertz CT molecular complexity index is 289. The zero-order valence-electron chi connectivity index (χ0n) is 10.4. The lowest BCUT2D eigenvalue weighted by molar-refractivity contribution is 0.715. The number of rotatable bonds is 4. The fourth-order valence-electron chi connectivity index (χ4n) is 1.90. The van der Waals surface area contributed by atoms with Crippen molar-refractivity contribution in [2.75, 3.05) is 5.73 Å². The minimum Gasteiger partial charge on any atom is -0.398 e. The summed E-state index contributed by atoms with van der Waals surface area (Å²) in [6, 6.07) is 6.46. The second-order valence-corrected chi connectivity index (χ2v) is 4.47. The molecule has 1 aromatic carbocycles. The van der Waals surface area contributed by atoms with Gasteiger partial charge in [-0.2, -0.15) is 0 Å². The molecule has 0 fully saturated rings. The Hall–Kier alpha value is -0.980. The normalized spacial score (nSPS) is 14.9. The van der Waals surface area contributed by atoms with E-state index in [1.165, 1.54) is 11.1 Å². The second-order valence-electron chi connectivity index (χ2n) is 4.47. The quantitative estimate of drug-likeness (QED) is 0.729. The van der Waals surface area contributed by atoms with E-state index in [2.05, 4.69) is 45.9 Å². The van der Waals surface area contributed by atoms with E-state index in [1.54, 1.807) is 0 Å². The first-order valence-corrected chi connectivity index (χ1v) is 6.00. The zero-order valence-corrected chi connectivity index (χ0v) is 10.4. The van der Waals surface area contributed by atoms with Crippen molar-refractivity contribution in [3.63, 3.8) is 0 Å². The SMILES string of the molecule is CCC(C)c1cccc(C(C)CC)c1N. The van der Waals surface area contributed by atoms with E-state index in [-0.39, 0.29) is 0 Å². The van der Waals surface area contributed by atoms with Crippen LogP contribution < -0.4 is 5.73 Å². The smallest absolute Gasteiger partial charge is 0.0384 e. The molecule has 0 aliphatic rings. The highest BCUT2D eigenvalue weighted by Crippen LogP contribution is 2.32. The molecule has 0 spiro atoms. The molecule has 1 heteroatoms. The third-order valence-corrected chi connectivity index (χ3v) is 3.46. The maximum Gasteiger partial charge on any atom is 0.0384 e. The number of benzene rings is 1. The van der Waals surface area contributed by atoms with Gasteiger partial charge >= 0.3 is 0 Å². The molecule has 1 aromatic rings. The Morgan fingerprint density at radius 2 is 1.40 bits per heavy atom. The van der Waals surface area contributed by atoms with Crippen LogP contribution in [-0.4, -0.2) is 0 Å². The number of para-hydroxylation sites is 1. The summed E-state index contributed by atoms with van der Waals surface area (Å²) in [5.74, 6) is 1.13. The number of hydrogen-bond acceptors (Lipinski definition) is 1. The van der Waals surface area contributed by atoms with Gasteiger partial charge in [-0.15, -0.1) is 0 Å². The first-order chi connectivity index (χ1) is 7.11. The van der Waals surface area contributed by atoms with Crippen LogP contribution in [0.4, 0.5) is 5.69 Å². The summed E-state index contributed by atoms with van der Waals surface area (Å²) in [5, 5.41) is 0. The molecule has 0 bridgehead atoms. The molecule has 0 aliphatic heterocycles. The Balaban J connectivity index is 3.11. The third kappa shape index (κ3) is 2.53. The van der Waals surface area contributed by atoms with Gasteiger partial charge in [0.2, 0.25) is 0 Å². The van der Waals surface area contributed by atoms with Gasteiger partial charge in [-0.1, -0.05) is 45.9 Å². The number of hydrogen-bond donors (Lipinski definition) is 1. The molecule has 15 heavy (non-hydrogen) atoms. The summed E-state index contributed by atoms with van der Waals surface area (Å²) in [6.45, 7) is 8.90. The van der Waals surface area contributed by atoms with Crippen molar-refractivity contribution in [2.45, 2.75) is 52.4 Å². The van der Waals surface area contributed by atoms with Crippen LogP contribution in [0.1, 0.15) is 63.5 Å². The zero-order chi connectivity index (χ0) is 11.4. The first kappa shape index (κ1) is 12.1. The maximum atomic E-state index is 6.24. The molecule has 0 heterocycles. The van der Waals surface area contributed by atoms with Crippen LogP contribution in [0.3, 0.4) is 0 Å². The van der Waals surface area contributed by atoms with E-state index in [4.69, 9.17) is 5.73 Å². The number of nitrogens with two attached hydrogens (primary N) is 1. The molecular weight excluding hydrogens is 182 g/mol. The molecule has 1 nitrogen and oxygen atoms in total. The lowest BCUT2D eigenvalue weighted by atomic mass is 9.89. The van der Waals surface area contributed by atoms with Gasteiger partial charge in [0.15, 0.2) is 0 Å². The summed E-state index contributed by atoms with van der Waals surface area (Å²) in [7, 11) is 0. The van der Waals surface area contributed by atoms with Crippen LogP contribution in [0.2, 0.25) is 0 Å². The van der Waals surface area contributed by atoms with Gasteiger partial charge in [0.05, 0.1) is 0 Å². The Morgan fingerprint density at radius 1 is 1.00 bits per heavy atom. The van der Waals surface area contributed by atoms with Crippen molar-refractivity contribution in [2.24, 2.45) is 0 Å². The average Bonchev–Trinajstić information content (AvgIpc) is 2.27. The number of nitrogen functional groups attached to an aromatic ring is 1. The molecule has 84 valence electrons. The van der Waals surface area contributed by atoms with Crippen molar-refractivity contribution >= 4 is 5.69 Å². The summed E-state index contributed by atoms with van der Waals surface area (Å²) >= 11 is 0. The van der Waals surface area contributed by atoms with E-state index >= 15 is 0 Å². The summed E-state index contributed by atoms with van der Waals surface area (Å²) in [4.78, 5) is 0. The van der Waals surface area contributed by atoms with Crippen LogP contribution in [0.5, 0.6) is 0 Å². The van der Waals surface area contributed by atoms with Crippen molar-refractivity contribution in [3.8, 4) is 0 Å². The fourth-order valence-corrected chi connectivity index (χ4v) is 1.90. The third-order valence-electron chi connectivity index (χ3n) is 3.46. The molecular formula is C14H23N. The predicted molar refractivity (Wildman–Crippen MR) is 68.3 cm³/mol. The molecule has 0 saturated heterocycles. The summed E-state index contributed by atoms with van der Waals surface area (Å²) in [6.07, 6.45) is 2.29. The second kappa shape index (κ2) is 5.20. The predicted octanol–water partition coefficient (Wildman–Crippen LogP) is 4.30. The Morgan fingerprint density at radius 3 is 1.73 bits per heavy atom. The molecule has 0 aromatic heterocycles. The lowest BCUT2D eigenvalue weighted by Crippen LogP contribution is -2.04. The Kier molecular flexibility index (Phi) is 4.19. The van der Waals surface area contributed by atoms with Gasteiger partial charge in [-0.05, 0) is 35.8 Å². The standard InChI is InChI=1S/C14H23N/c1-5-10(3)12-8-7-9-13(14(12)15)11(4)6-2/h7-11H,5-6,15H2,1-4H3. The highest BCUT2D eigenvalue weighted by Gasteiger charge is 2.13. The highest BCUT2D eigenvalue weighted by molar-refractivity contribution is 5.56. The average molecular weight is 205 g/mol. The van der Waals surface area contributed by atoms with E-state index in [9.17, 15) is 0 Å². The number of anilines is 1. The molecule has 0 amide bonds. The van der Waals surface area contributed by atoms with Gasteiger partial charge < -0.3 is 5.73 Å². The van der Waals surface area contributed by atoms with Crippen LogP contribution in [0.15, 0.2) is 18.2 Å². The van der Waals surface area contributed by atoms with Crippen LogP contribution in [-0.2, 0) is 0 Å². The monoisotopic (exact) mass is 205 g/mol. The molecule has 2 unspecified atom stereocenters. The molecule has 0 aliphatic carbocycles. The largest absolute Gasteiger partial charge is 0.398 e. The summed E-state index contributed by atoms with van der Waals surface area (Å²) < 4.78 is 0. The fraction of sp³-hybridized carbons (Fsp3) is 0.571. The van der Waals surface area contributed by atoms with Crippen LogP contribution >= 0.6 is 0 Å². The molecule has 2 atom stereocenters. The van der Waals surface area contributed by atoms with Crippen molar-refractivity contribution in [3.05, 3.63) is 29.3 Å². The van der Waals surface area contributed by atoms with E-state index in [1.807, 2.05) is 0 Å². The van der Waals surface area contributed by atoms with Gasteiger partial charge in [-0.25, -0.2) is 0 Å². The maximum absolute atomic E-state index is 6.24. The van der Waals surface area contributed by atoms with Crippen molar-refractivity contribution in [1.29, 1.82) is 0 Å². The van der Waals surface area contributed by atoms with Gasteiger partial charge in [-0.3, -0.25) is 0 Å². The lowest BCUT2D eigenvalue weighted by Gasteiger charge is -2.18. The van der Waals surface area contributed by atoms with Gasteiger partial charge in [0, 0.05) is 5.69 Å². The van der Waals surface area contributed by atoms with Crippen LogP contribution in [0.25, 0.3) is 0 Å². The highest BCUT2D eigenvalue weighted by atomic mass is 14.6. The first-order valence-electron chi connectivity index (χ1n) is 6.00.